The summed E-state index contributed by atoms with van der Waals surface area (Å²) in [7, 11) is 0. The molecule has 0 heterocycles. The van der Waals surface area contributed by atoms with Crippen molar-refractivity contribution in [2.45, 2.75) is 96.3 Å². The summed E-state index contributed by atoms with van der Waals surface area (Å²) in [5.74, 6) is 0.0359. The number of unbranched alkanes of at least 4 members (excludes halogenated alkanes) is 12. The van der Waals surface area contributed by atoms with Crippen LogP contribution in [0.4, 0.5) is 0 Å². The first kappa shape index (κ1) is 24.9. The molecule has 0 saturated carbocycles. The predicted octanol–water partition coefficient (Wildman–Crippen LogP) is 7.37. The molecule has 4 heteroatoms. The van der Waals surface area contributed by atoms with Gasteiger partial charge in [0.1, 0.15) is 0 Å². The number of phenols is 4. The first-order chi connectivity index (χ1) is 15.1. The highest BCUT2D eigenvalue weighted by atomic mass is 16.3. The van der Waals surface area contributed by atoms with E-state index in [1.165, 1.54) is 82.8 Å². The van der Waals surface area contributed by atoms with Crippen LogP contribution in [0.2, 0.25) is 0 Å². The molecule has 4 N–H and O–H groups in total. The minimum absolute atomic E-state index is 0.0221. The van der Waals surface area contributed by atoms with Gasteiger partial charge in [0.15, 0.2) is 23.0 Å². The summed E-state index contributed by atoms with van der Waals surface area (Å²) in [6.07, 6.45) is 17.8. The van der Waals surface area contributed by atoms with Gasteiger partial charge >= 0.3 is 0 Å². The molecule has 0 saturated heterocycles. The summed E-state index contributed by atoms with van der Waals surface area (Å²) in [4.78, 5) is 0. The summed E-state index contributed by atoms with van der Waals surface area (Å²) in [6.45, 7) is 0. The maximum Gasteiger partial charge on any atom is 0.160 e. The molecule has 31 heavy (non-hydrogen) atoms. The van der Waals surface area contributed by atoms with E-state index in [0.717, 1.165) is 36.8 Å². The number of hydrogen-bond donors (Lipinski definition) is 4. The van der Waals surface area contributed by atoms with E-state index >= 15 is 0 Å². The van der Waals surface area contributed by atoms with Gasteiger partial charge < -0.3 is 20.4 Å². The second-order valence-corrected chi connectivity index (χ2v) is 8.67. The first-order valence-electron chi connectivity index (χ1n) is 12.1. The largest absolute Gasteiger partial charge is 0.504 e. The molecule has 2 aromatic carbocycles. The monoisotopic (exact) mass is 428 g/mol. The normalized spacial score (nSPS) is 11.1. The number of aromatic hydroxyl groups is 4. The van der Waals surface area contributed by atoms with Crippen molar-refractivity contribution >= 4 is 0 Å². The van der Waals surface area contributed by atoms with E-state index in [4.69, 9.17) is 0 Å². The Morgan fingerprint density at radius 1 is 0.387 bits per heavy atom. The van der Waals surface area contributed by atoms with Crippen molar-refractivity contribution in [2.75, 3.05) is 0 Å². The summed E-state index contributed by atoms with van der Waals surface area (Å²) < 4.78 is 0. The lowest BCUT2D eigenvalue weighted by atomic mass is 10.0. The maximum atomic E-state index is 9.80. The molecule has 0 aliphatic carbocycles. The quantitative estimate of drug-likeness (QED) is 0.166. The molecule has 0 amide bonds. The number of aryl methyl sites for hydroxylation is 2. The van der Waals surface area contributed by atoms with Crippen molar-refractivity contribution in [1.82, 2.24) is 0 Å². The van der Waals surface area contributed by atoms with Crippen LogP contribution < -0.4 is 0 Å². The van der Waals surface area contributed by atoms with E-state index in [-0.39, 0.29) is 23.0 Å². The lowest BCUT2D eigenvalue weighted by Gasteiger charge is -2.06. The van der Waals surface area contributed by atoms with Crippen LogP contribution in [0, 0.1) is 0 Å². The van der Waals surface area contributed by atoms with Crippen molar-refractivity contribution in [3.05, 3.63) is 47.5 Å². The smallest absolute Gasteiger partial charge is 0.160 e. The first-order valence-corrected chi connectivity index (χ1v) is 12.1. The van der Waals surface area contributed by atoms with E-state index in [1.807, 2.05) is 12.1 Å². The molecule has 0 bridgehead atoms. The highest BCUT2D eigenvalue weighted by molar-refractivity contribution is 5.44. The molecule has 0 unspecified atom stereocenters. The van der Waals surface area contributed by atoms with Crippen LogP contribution in [0.1, 0.15) is 94.6 Å². The molecule has 2 aromatic rings. The third-order valence-electron chi connectivity index (χ3n) is 6.09. The number of phenolic OH excluding ortho intramolecular Hbond substituents is 4. The Hall–Kier alpha value is -2.36. The molecular formula is C27H40O4. The second kappa shape index (κ2) is 14.6. The van der Waals surface area contributed by atoms with Crippen LogP contribution in [-0.4, -0.2) is 20.4 Å². The second-order valence-electron chi connectivity index (χ2n) is 8.67. The Morgan fingerprint density at radius 2 is 0.677 bits per heavy atom. The van der Waals surface area contributed by atoms with E-state index in [1.54, 1.807) is 12.1 Å². The minimum Gasteiger partial charge on any atom is -0.504 e. The van der Waals surface area contributed by atoms with Gasteiger partial charge in [-0.05, 0) is 48.9 Å². The van der Waals surface area contributed by atoms with Gasteiger partial charge in [-0.1, -0.05) is 94.9 Å². The zero-order valence-electron chi connectivity index (χ0n) is 18.9. The lowest BCUT2D eigenvalue weighted by Crippen LogP contribution is -1.88. The van der Waals surface area contributed by atoms with Gasteiger partial charge in [-0.2, -0.15) is 0 Å². The van der Waals surface area contributed by atoms with E-state index < -0.39 is 0 Å². The average molecular weight is 429 g/mol. The number of para-hydroxylation sites is 2. The minimum atomic E-state index is -0.0221. The zero-order chi connectivity index (χ0) is 22.3. The number of benzene rings is 2. The van der Waals surface area contributed by atoms with Crippen molar-refractivity contribution in [3.8, 4) is 23.0 Å². The highest BCUT2D eigenvalue weighted by Gasteiger charge is 2.06. The topological polar surface area (TPSA) is 80.9 Å². The van der Waals surface area contributed by atoms with Gasteiger partial charge in [-0.15, -0.1) is 0 Å². The fourth-order valence-corrected chi connectivity index (χ4v) is 4.13. The molecule has 0 aromatic heterocycles. The predicted molar refractivity (Wildman–Crippen MR) is 127 cm³/mol. The molecule has 0 atom stereocenters. The summed E-state index contributed by atoms with van der Waals surface area (Å²) in [5.41, 5.74) is 1.69. The van der Waals surface area contributed by atoms with Crippen LogP contribution in [0.5, 0.6) is 23.0 Å². The zero-order valence-corrected chi connectivity index (χ0v) is 18.9. The Kier molecular flexibility index (Phi) is 11.7. The SMILES string of the molecule is Oc1cccc(CCCCCCCCCCCCCCCc2cccc(O)c2O)c1O. The van der Waals surface area contributed by atoms with Crippen LogP contribution in [0.3, 0.4) is 0 Å². The molecule has 0 spiro atoms. The van der Waals surface area contributed by atoms with Gasteiger partial charge in [0, 0.05) is 0 Å². The van der Waals surface area contributed by atoms with Crippen LogP contribution in [0.15, 0.2) is 36.4 Å². The highest BCUT2D eigenvalue weighted by Crippen LogP contribution is 2.30. The molecule has 4 nitrogen and oxygen atoms in total. The van der Waals surface area contributed by atoms with Gasteiger partial charge in [0.25, 0.3) is 0 Å². The molecular weight excluding hydrogens is 388 g/mol. The Morgan fingerprint density at radius 3 is 1.00 bits per heavy atom. The van der Waals surface area contributed by atoms with Crippen molar-refractivity contribution in [2.24, 2.45) is 0 Å². The maximum absolute atomic E-state index is 9.80. The fraction of sp³-hybridized carbons (Fsp3) is 0.556. The van der Waals surface area contributed by atoms with E-state index in [2.05, 4.69) is 0 Å². The van der Waals surface area contributed by atoms with Gasteiger partial charge in [-0.3, -0.25) is 0 Å². The summed E-state index contributed by atoms with van der Waals surface area (Å²) in [6, 6.07) is 10.4. The summed E-state index contributed by atoms with van der Waals surface area (Å²) >= 11 is 0. The van der Waals surface area contributed by atoms with Crippen molar-refractivity contribution in [1.29, 1.82) is 0 Å². The van der Waals surface area contributed by atoms with Crippen LogP contribution >= 0.6 is 0 Å². The fourth-order valence-electron chi connectivity index (χ4n) is 4.13. The lowest BCUT2D eigenvalue weighted by molar-refractivity contribution is 0.398. The van der Waals surface area contributed by atoms with Gasteiger partial charge in [0.05, 0.1) is 0 Å². The Balaban J connectivity index is 1.34. The Bertz CT molecular complexity index is 693. The molecule has 0 radical (unpaired) electrons. The summed E-state index contributed by atoms with van der Waals surface area (Å²) in [5, 5.41) is 38.6. The Labute approximate surface area is 187 Å². The molecule has 0 fully saturated rings. The number of rotatable bonds is 16. The molecule has 2 rings (SSSR count). The average Bonchev–Trinajstić information content (AvgIpc) is 2.76. The van der Waals surface area contributed by atoms with Gasteiger partial charge in [0.2, 0.25) is 0 Å². The van der Waals surface area contributed by atoms with E-state index in [0.29, 0.717) is 0 Å². The third kappa shape index (κ3) is 9.54. The van der Waals surface area contributed by atoms with Gasteiger partial charge in [-0.25, -0.2) is 0 Å². The molecule has 172 valence electrons. The van der Waals surface area contributed by atoms with Crippen molar-refractivity contribution < 1.29 is 20.4 Å². The van der Waals surface area contributed by atoms with Crippen molar-refractivity contribution in [3.63, 3.8) is 0 Å². The van der Waals surface area contributed by atoms with Crippen LogP contribution in [-0.2, 0) is 12.8 Å². The molecule has 0 aliphatic rings. The third-order valence-corrected chi connectivity index (χ3v) is 6.09. The van der Waals surface area contributed by atoms with Crippen LogP contribution in [0.25, 0.3) is 0 Å². The molecule has 0 aliphatic heterocycles. The standard InChI is InChI=1S/C27H40O4/c28-24-20-14-18-22(26(24)30)16-12-10-8-6-4-2-1-3-5-7-9-11-13-17-23-19-15-21-25(29)27(23)31/h14-15,18-21,28-31H,1-13,16-17H2. The number of hydrogen-bond acceptors (Lipinski definition) is 4. The van der Waals surface area contributed by atoms with E-state index in [9.17, 15) is 20.4 Å².